The highest BCUT2D eigenvalue weighted by atomic mass is 35.8. The van der Waals surface area contributed by atoms with E-state index in [4.69, 9.17) is 66.5 Å². The minimum Gasteiger partial charge on any atom is -0.130 e. The van der Waals surface area contributed by atoms with Crippen LogP contribution in [0, 0.1) is 5.92 Å². The van der Waals surface area contributed by atoms with Gasteiger partial charge in [-0.25, -0.2) is 0 Å². The summed E-state index contributed by atoms with van der Waals surface area (Å²) in [5.74, 6) is 0.801. The summed E-state index contributed by atoms with van der Waals surface area (Å²) in [4.78, 5) is 0. The summed E-state index contributed by atoms with van der Waals surface area (Å²) in [6.07, 6.45) is 4.85. The van der Waals surface area contributed by atoms with Crippen LogP contribution >= 0.6 is 66.5 Å². The van der Waals surface area contributed by atoms with E-state index in [0.29, 0.717) is 0 Å². The molecular formula is C8H18Cl6Si2. The van der Waals surface area contributed by atoms with Gasteiger partial charge in [0.2, 0.25) is 0 Å². The summed E-state index contributed by atoms with van der Waals surface area (Å²) >= 11 is 32.1. The molecule has 0 bridgehead atoms. The molecule has 0 rings (SSSR count). The fraction of sp³-hybridized carbons (Fsp3) is 1.00. The lowest BCUT2D eigenvalue weighted by atomic mass is 10.1. The molecule has 0 amide bonds. The highest BCUT2D eigenvalue weighted by molar-refractivity contribution is 7.64. The molecule has 0 nitrogen and oxygen atoms in total. The number of halogens is 6. The molecule has 0 aromatic rings. The highest BCUT2D eigenvalue weighted by Crippen LogP contribution is 2.27. The van der Waals surface area contributed by atoms with Crippen molar-refractivity contribution in [2.45, 2.75) is 45.6 Å². The molecule has 0 aliphatic heterocycles. The van der Waals surface area contributed by atoms with E-state index in [1.807, 2.05) is 0 Å². The predicted octanol–water partition coefficient (Wildman–Crippen LogP) is 6.28. The maximum Gasteiger partial charge on any atom is 0.341 e. The van der Waals surface area contributed by atoms with Gasteiger partial charge in [-0.05, 0) is 12.0 Å². The van der Waals surface area contributed by atoms with Gasteiger partial charge in [0.05, 0.1) is 0 Å². The second kappa shape index (κ2) is 12.2. The fourth-order valence-electron chi connectivity index (χ4n) is 1.05. The number of unbranched alkanes of at least 4 members (excludes halogenated alkanes) is 2. The van der Waals surface area contributed by atoms with Crippen molar-refractivity contribution >= 4 is 79.2 Å². The highest BCUT2D eigenvalue weighted by Gasteiger charge is 2.23. The summed E-state index contributed by atoms with van der Waals surface area (Å²) in [5.41, 5.74) is 0. The largest absolute Gasteiger partial charge is 0.341 e. The van der Waals surface area contributed by atoms with Crippen LogP contribution in [0.15, 0.2) is 0 Å². The van der Waals surface area contributed by atoms with Gasteiger partial charge in [-0.1, -0.05) is 39.5 Å². The van der Waals surface area contributed by atoms with Crippen molar-refractivity contribution in [2.24, 2.45) is 5.92 Å². The van der Waals surface area contributed by atoms with Gasteiger partial charge in [0.15, 0.2) is 0 Å². The Morgan fingerprint density at radius 3 is 1.69 bits per heavy atom. The van der Waals surface area contributed by atoms with E-state index >= 15 is 0 Å². The molecule has 16 heavy (non-hydrogen) atoms. The van der Waals surface area contributed by atoms with Gasteiger partial charge in [0.1, 0.15) is 0 Å². The zero-order valence-electron chi connectivity index (χ0n) is 9.46. The lowest BCUT2D eigenvalue weighted by Crippen LogP contribution is -2.07. The Kier molecular flexibility index (Phi) is 15.6. The van der Waals surface area contributed by atoms with Crippen molar-refractivity contribution in [1.29, 1.82) is 0 Å². The topological polar surface area (TPSA) is 0 Å². The van der Waals surface area contributed by atoms with Crippen molar-refractivity contribution in [2.75, 3.05) is 0 Å². The summed E-state index contributed by atoms with van der Waals surface area (Å²) in [6, 6.07) is -1.50. The molecule has 0 radical (unpaired) electrons. The lowest BCUT2D eigenvalue weighted by Gasteiger charge is -2.07. The number of hydrogen-bond donors (Lipinski definition) is 0. The van der Waals surface area contributed by atoms with E-state index in [1.165, 1.54) is 19.3 Å². The summed E-state index contributed by atoms with van der Waals surface area (Å²) in [5, 5.41) is 0. The molecule has 0 saturated carbocycles. The Morgan fingerprint density at radius 1 is 0.938 bits per heavy atom. The smallest absolute Gasteiger partial charge is 0.130 e. The number of rotatable bonds is 6. The molecule has 8 heteroatoms. The Labute approximate surface area is 130 Å². The van der Waals surface area contributed by atoms with Crippen LogP contribution in [0.5, 0.6) is 0 Å². The molecule has 0 aliphatic rings. The molecule has 0 atom stereocenters. The van der Waals surface area contributed by atoms with E-state index in [2.05, 4.69) is 13.8 Å². The van der Waals surface area contributed by atoms with Gasteiger partial charge in [-0.2, -0.15) is 0 Å². The van der Waals surface area contributed by atoms with Crippen LogP contribution in [0.1, 0.15) is 39.5 Å². The van der Waals surface area contributed by atoms with Gasteiger partial charge in [-0.3, -0.25) is 0 Å². The van der Waals surface area contributed by atoms with E-state index in [1.54, 1.807) is 0 Å². The first-order valence-electron chi connectivity index (χ1n) is 5.14. The molecular weight excluding hydrogens is 365 g/mol. The normalized spacial score (nSPS) is 11.6. The van der Waals surface area contributed by atoms with Crippen molar-refractivity contribution in [3.63, 3.8) is 0 Å². The number of hydrogen-bond acceptors (Lipinski definition) is 0. The van der Waals surface area contributed by atoms with Gasteiger partial charge in [0, 0.05) is 0 Å². The Balaban J connectivity index is 0. The first-order chi connectivity index (χ1) is 7.15. The predicted molar refractivity (Wildman–Crippen MR) is 86.1 cm³/mol. The van der Waals surface area contributed by atoms with E-state index < -0.39 is 12.7 Å². The molecule has 0 unspecified atom stereocenters. The van der Waals surface area contributed by atoms with Crippen molar-refractivity contribution in [3.05, 3.63) is 0 Å². The van der Waals surface area contributed by atoms with Crippen LogP contribution < -0.4 is 0 Å². The maximum absolute atomic E-state index is 5.74. The standard InChI is InChI=1S/C8H17Cl3Si.Cl3HSi/c1-8(2)6-4-3-5-7-12(9,10)11;1-4(2)3/h8H,3-7H2,1-2H3;4H. The van der Waals surface area contributed by atoms with E-state index in [-0.39, 0.29) is 0 Å². The van der Waals surface area contributed by atoms with E-state index in [0.717, 1.165) is 18.4 Å². The monoisotopic (exact) mass is 380 g/mol. The second-order valence-corrected chi connectivity index (χ2v) is 19.6. The van der Waals surface area contributed by atoms with Gasteiger partial charge in [0.25, 0.3) is 0 Å². The molecule has 0 aliphatic carbocycles. The Hall–Kier alpha value is 2.17. The third-order valence-corrected chi connectivity index (χ3v) is 4.36. The molecule has 0 saturated heterocycles. The lowest BCUT2D eigenvalue weighted by molar-refractivity contribution is 0.534. The molecule has 0 aromatic heterocycles. The average molecular weight is 383 g/mol. The van der Waals surface area contributed by atoms with Crippen LogP contribution in [-0.2, 0) is 0 Å². The third kappa shape index (κ3) is 29.8. The first-order valence-corrected chi connectivity index (χ1v) is 15.6. The van der Waals surface area contributed by atoms with Crippen molar-refractivity contribution < 1.29 is 0 Å². The van der Waals surface area contributed by atoms with Gasteiger partial charge in [-0.15, -0.1) is 66.5 Å². The first kappa shape index (κ1) is 20.5. The van der Waals surface area contributed by atoms with Crippen LogP contribution in [0.25, 0.3) is 0 Å². The summed E-state index contributed by atoms with van der Waals surface area (Å²) in [6.45, 7) is 2.76. The van der Waals surface area contributed by atoms with Gasteiger partial charge < -0.3 is 0 Å². The van der Waals surface area contributed by atoms with Crippen molar-refractivity contribution in [1.82, 2.24) is 0 Å². The zero-order valence-corrected chi connectivity index (χ0v) is 16.1. The van der Waals surface area contributed by atoms with Crippen LogP contribution in [0.4, 0.5) is 0 Å². The Morgan fingerprint density at radius 2 is 1.38 bits per heavy atom. The SMILES string of the molecule is CC(C)CCCCC[Si](Cl)(Cl)Cl.Cl[SiH](Cl)Cl. The molecule has 0 aromatic carbocycles. The fourth-order valence-corrected chi connectivity index (χ4v) is 2.91. The Bertz CT molecular complexity index is 145. The molecule has 0 N–H and O–H groups in total. The van der Waals surface area contributed by atoms with Crippen molar-refractivity contribution in [3.8, 4) is 0 Å². The summed E-state index contributed by atoms with van der Waals surface area (Å²) < 4.78 is 0. The molecule has 100 valence electrons. The van der Waals surface area contributed by atoms with E-state index in [9.17, 15) is 0 Å². The summed E-state index contributed by atoms with van der Waals surface area (Å²) in [7, 11) is 0. The van der Waals surface area contributed by atoms with Crippen LogP contribution in [0.2, 0.25) is 6.04 Å². The maximum atomic E-state index is 5.74. The minimum absolute atomic E-state index is 0.801. The second-order valence-electron chi connectivity index (χ2n) is 3.86. The zero-order chi connectivity index (χ0) is 13.2. The van der Waals surface area contributed by atoms with Gasteiger partial charge >= 0.3 is 12.7 Å². The quantitative estimate of drug-likeness (QED) is 0.288. The van der Waals surface area contributed by atoms with Crippen LogP contribution in [-0.4, -0.2) is 12.7 Å². The minimum atomic E-state index is -2.32. The average Bonchev–Trinajstić information content (AvgIpc) is 1.99. The third-order valence-electron chi connectivity index (χ3n) is 1.74. The molecule has 0 spiro atoms. The van der Waals surface area contributed by atoms with Crippen LogP contribution in [0.3, 0.4) is 0 Å². The molecule has 0 heterocycles. The molecule has 0 fully saturated rings.